The Balaban J connectivity index is 2.92. The van der Waals surface area contributed by atoms with E-state index < -0.39 is 11.9 Å². The Morgan fingerprint density at radius 1 is 1.46 bits per heavy atom. The van der Waals surface area contributed by atoms with Crippen LogP contribution in [-0.2, 0) is 4.79 Å². The lowest BCUT2D eigenvalue weighted by Crippen LogP contribution is -2.12. The van der Waals surface area contributed by atoms with Crippen LogP contribution in [0.2, 0.25) is 0 Å². The van der Waals surface area contributed by atoms with Crippen LogP contribution in [0.5, 0.6) is 0 Å². The van der Waals surface area contributed by atoms with Gasteiger partial charge in [-0.25, -0.2) is 0 Å². The minimum atomic E-state index is -0.821. The summed E-state index contributed by atoms with van der Waals surface area (Å²) in [5, 5.41) is 8.85. The Hall–Kier alpha value is -0.960. The first kappa shape index (κ1) is 10.1. The molecule has 1 aromatic carbocycles. The summed E-state index contributed by atoms with van der Waals surface area (Å²) >= 11 is 4.01. The van der Waals surface area contributed by atoms with Crippen molar-refractivity contribution in [2.75, 3.05) is 5.75 Å². The molecule has 2 nitrogen and oxygen atoms in total. The zero-order valence-corrected chi connectivity index (χ0v) is 8.29. The fourth-order valence-electron chi connectivity index (χ4n) is 1.12. The second-order valence-corrected chi connectivity index (χ2v) is 3.35. The number of aryl methyl sites for hydroxylation is 1. The molecule has 1 aromatic rings. The standard InChI is InChI=1S/C10H12O2S/c1-7-2-4-8(5-3-7)9(6-13)10(11)12/h2-5,9,13H,6H2,1H3,(H,11,12). The number of benzene rings is 1. The highest BCUT2D eigenvalue weighted by molar-refractivity contribution is 7.80. The summed E-state index contributed by atoms with van der Waals surface area (Å²) in [6.07, 6.45) is 0. The summed E-state index contributed by atoms with van der Waals surface area (Å²) in [4.78, 5) is 10.8. The van der Waals surface area contributed by atoms with Crippen molar-refractivity contribution in [1.29, 1.82) is 0 Å². The van der Waals surface area contributed by atoms with Gasteiger partial charge < -0.3 is 5.11 Å². The van der Waals surface area contributed by atoms with Crippen LogP contribution in [0.3, 0.4) is 0 Å². The van der Waals surface area contributed by atoms with E-state index in [-0.39, 0.29) is 0 Å². The van der Waals surface area contributed by atoms with Gasteiger partial charge in [0.05, 0.1) is 5.92 Å². The highest BCUT2D eigenvalue weighted by Gasteiger charge is 2.17. The van der Waals surface area contributed by atoms with Crippen LogP contribution in [0.15, 0.2) is 24.3 Å². The van der Waals surface area contributed by atoms with Crippen molar-refractivity contribution < 1.29 is 9.90 Å². The van der Waals surface area contributed by atoms with Crippen molar-refractivity contribution >= 4 is 18.6 Å². The molecule has 0 radical (unpaired) electrons. The average molecular weight is 196 g/mol. The Morgan fingerprint density at radius 2 is 2.00 bits per heavy atom. The first-order chi connectivity index (χ1) is 6.15. The molecule has 0 saturated carbocycles. The zero-order chi connectivity index (χ0) is 9.84. The van der Waals surface area contributed by atoms with Crippen LogP contribution in [0.25, 0.3) is 0 Å². The number of carbonyl (C=O) groups is 1. The molecule has 1 N–H and O–H groups in total. The first-order valence-electron chi connectivity index (χ1n) is 4.05. The molecule has 0 saturated heterocycles. The molecule has 1 atom stereocenters. The lowest BCUT2D eigenvalue weighted by molar-refractivity contribution is -0.138. The Morgan fingerprint density at radius 3 is 2.38 bits per heavy atom. The highest BCUT2D eigenvalue weighted by Crippen LogP contribution is 2.17. The van der Waals surface area contributed by atoms with Gasteiger partial charge in [-0.05, 0) is 12.5 Å². The summed E-state index contributed by atoms with van der Waals surface area (Å²) in [6.45, 7) is 1.97. The van der Waals surface area contributed by atoms with Crippen LogP contribution in [0.4, 0.5) is 0 Å². The van der Waals surface area contributed by atoms with E-state index in [0.717, 1.165) is 11.1 Å². The van der Waals surface area contributed by atoms with Gasteiger partial charge in [-0.2, -0.15) is 12.6 Å². The largest absolute Gasteiger partial charge is 0.481 e. The number of thiol groups is 1. The van der Waals surface area contributed by atoms with Crippen molar-refractivity contribution in [3.05, 3.63) is 35.4 Å². The quantitative estimate of drug-likeness (QED) is 0.726. The summed E-state index contributed by atoms with van der Waals surface area (Å²) in [5.74, 6) is -0.985. The van der Waals surface area contributed by atoms with E-state index in [2.05, 4.69) is 12.6 Å². The maximum absolute atomic E-state index is 10.8. The van der Waals surface area contributed by atoms with Crippen molar-refractivity contribution in [2.24, 2.45) is 0 Å². The summed E-state index contributed by atoms with van der Waals surface area (Å²) in [5.41, 5.74) is 1.94. The maximum Gasteiger partial charge on any atom is 0.311 e. The first-order valence-corrected chi connectivity index (χ1v) is 4.68. The van der Waals surface area contributed by atoms with Gasteiger partial charge in [0, 0.05) is 5.75 Å². The predicted molar refractivity (Wildman–Crippen MR) is 55.4 cm³/mol. The van der Waals surface area contributed by atoms with Crippen molar-refractivity contribution in [1.82, 2.24) is 0 Å². The predicted octanol–water partition coefficient (Wildman–Crippen LogP) is 2.09. The molecule has 0 aliphatic heterocycles. The Bertz CT molecular complexity index is 292. The Labute approximate surface area is 83.0 Å². The normalized spacial score (nSPS) is 12.5. The minimum absolute atomic E-state index is 0.332. The van der Waals surface area contributed by atoms with Crippen molar-refractivity contribution in [3.63, 3.8) is 0 Å². The summed E-state index contributed by atoms with van der Waals surface area (Å²) < 4.78 is 0. The summed E-state index contributed by atoms with van der Waals surface area (Å²) in [6, 6.07) is 7.50. The molecule has 0 fully saturated rings. The second-order valence-electron chi connectivity index (χ2n) is 2.98. The van der Waals surface area contributed by atoms with Gasteiger partial charge >= 0.3 is 5.97 Å². The molecule has 1 rings (SSSR count). The number of aliphatic carboxylic acids is 1. The monoisotopic (exact) mass is 196 g/mol. The van der Waals surface area contributed by atoms with E-state index in [9.17, 15) is 4.79 Å². The fraction of sp³-hybridized carbons (Fsp3) is 0.300. The van der Waals surface area contributed by atoms with Crippen molar-refractivity contribution in [3.8, 4) is 0 Å². The van der Waals surface area contributed by atoms with Gasteiger partial charge in [0.15, 0.2) is 0 Å². The molecule has 0 aliphatic carbocycles. The van der Waals surface area contributed by atoms with E-state index in [0.29, 0.717) is 5.75 Å². The highest BCUT2D eigenvalue weighted by atomic mass is 32.1. The van der Waals surface area contributed by atoms with Crippen LogP contribution >= 0.6 is 12.6 Å². The molecule has 13 heavy (non-hydrogen) atoms. The molecular weight excluding hydrogens is 184 g/mol. The van der Waals surface area contributed by atoms with Gasteiger partial charge in [-0.1, -0.05) is 29.8 Å². The molecule has 0 aromatic heterocycles. The molecule has 0 spiro atoms. The van der Waals surface area contributed by atoms with Crippen molar-refractivity contribution in [2.45, 2.75) is 12.8 Å². The van der Waals surface area contributed by atoms with Crippen LogP contribution in [0.1, 0.15) is 17.0 Å². The third kappa shape index (κ3) is 2.49. The number of hydrogen-bond acceptors (Lipinski definition) is 2. The van der Waals surface area contributed by atoms with Crippen LogP contribution in [-0.4, -0.2) is 16.8 Å². The lowest BCUT2D eigenvalue weighted by atomic mass is 10.0. The lowest BCUT2D eigenvalue weighted by Gasteiger charge is -2.09. The molecule has 0 heterocycles. The maximum atomic E-state index is 10.8. The van der Waals surface area contributed by atoms with E-state index in [1.807, 2.05) is 31.2 Å². The molecule has 70 valence electrons. The number of carboxylic acid groups (broad SMARTS) is 1. The second kappa shape index (κ2) is 4.33. The van der Waals surface area contributed by atoms with Gasteiger partial charge in [-0.3, -0.25) is 4.79 Å². The van der Waals surface area contributed by atoms with E-state index >= 15 is 0 Å². The topological polar surface area (TPSA) is 37.3 Å². The summed E-state index contributed by atoms with van der Waals surface area (Å²) in [7, 11) is 0. The minimum Gasteiger partial charge on any atom is -0.481 e. The smallest absolute Gasteiger partial charge is 0.311 e. The average Bonchev–Trinajstić information content (AvgIpc) is 2.09. The molecule has 3 heteroatoms. The van der Waals surface area contributed by atoms with Crippen LogP contribution < -0.4 is 0 Å². The van der Waals surface area contributed by atoms with Gasteiger partial charge in [-0.15, -0.1) is 0 Å². The fourth-order valence-corrected chi connectivity index (χ4v) is 1.49. The van der Waals surface area contributed by atoms with E-state index in [1.54, 1.807) is 0 Å². The Kier molecular flexibility index (Phi) is 3.37. The SMILES string of the molecule is Cc1ccc(C(CS)C(=O)O)cc1. The number of carboxylic acids is 1. The zero-order valence-electron chi connectivity index (χ0n) is 7.40. The third-order valence-corrected chi connectivity index (χ3v) is 2.33. The molecular formula is C10H12O2S. The molecule has 0 amide bonds. The van der Waals surface area contributed by atoms with Gasteiger partial charge in [0.25, 0.3) is 0 Å². The van der Waals surface area contributed by atoms with Gasteiger partial charge in [0.2, 0.25) is 0 Å². The molecule has 1 unspecified atom stereocenters. The molecule has 0 bridgehead atoms. The van der Waals surface area contributed by atoms with E-state index in [1.165, 1.54) is 0 Å². The van der Waals surface area contributed by atoms with E-state index in [4.69, 9.17) is 5.11 Å². The van der Waals surface area contributed by atoms with Crippen LogP contribution in [0, 0.1) is 6.92 Å². The number of hydrogen-bond donors (Lipinski definition) is 2. The van der Waals surface area contributed by atoms with Gasteiger partial charge in [0.1, 0.15) is 0 Å². The number of rotatable bonds is 3. The third-order valence-electron chi connectivity index (χ3n) is 1.96. The molecule has 0 aliphatic rings.